The average molecular weight is 883 g/mol. The largest absolute Gasteiger partial charge is 0.143 e. The van der Waals surface area contributed by atoms with Crippen molar-refractivity contribution in [1.82, 2.24) is 0 Å². The summed E-state index contributed by atoms with van der Waals surface area (Å²) in [5, 5.41) is 9.98. The minimum Gasteiger partial charge on any atom is -0.143 e. The van der Waals surface area contributed by atoms with Crippen LogP contribution in [-0.4, -0.2) is 0 Å². The number of thiophene rings is 8. The molecule has 0 atom stereocenters. The lowest BCUT2D eigenvalue weighted by atomic mass is 10.1. The summed E-state index contributed by atoms with van der Waals surface area (Å²) in [6.07, 6.45) is 0. The molecule has 0 unspecified atom stereocenters. The van der Waals surface area contributed by atoms with Crippen molar-refractivity contribution < 1.29 is 0 Å². The zero-order valence-corrected chi connectivity index (χ0v) is 36.8. The van der Waals surface area contributed by atoms with Crippen LogP contribution in [0, 0.1) is 0 Å². The minimum atomic E-state index is 1.28. The Bertz CT molecular complexity index is 3320. The zero-order valence-electron chi connectivity index (χ0n) is 30.3. The second-order valence-electron chi connectivity index (χ2n) is 14.5. The standard InChI is InChI=1S/C50H26S8/c1-3-7-37-33(5-1)35(25-51-37)45-23-49-47(57-45)21-43(55-49)29-13-9-27(10-14-29)39-17-31-19-42-32(20-41(31)53-39)18-40(54-42)28-11-15-30(16-12-28)44-22-48-50(56-44)24-46(58-48)36-26-52-38-8-4-2-6-34(36)38/h1-26H. The highest BCUT2D eigenvalue weighted by Crippen LogP contribution is 2.47. The van der Waals surface area contributed by atoms with Crippen molar-refractivity contribution >= 4 is 150 Å². The summed E-state index contributed by atoms with van der Waals surface area (Å²) >= 11 is 15.1. The maximum Gasteiger partial charge on any atom is 0.0463 e. The van der Waals surface area contributed by atoms with Gasteiger partial charge >= 0.3 is 0 Å². The van der Waals surface area contributed by atoms with E-state index in [4.69, 9.17) is 0 Å². The molecule has 0 bridgehead atoms. The van der Waals surface area contributed by atoms with E-state index in [0.29, 0.717) is 0 Å². The van der Waals surface area contributed by atoms with Gasteiger partial charge in [-0.05, 0) is 93.7 Å². The summed E-state index contributed by atoms with van der Waals surface area (Å²) in [5.74, 6) is 0. The number of hydrogen-bond acceptors (Lipinski definition) is 8. The molecule has 5 aromatic carbocycles. The third kappa shape index (κ3) is 5.66. The molecule has 0 aliphatic heterocycles. The molecule has 0 spiro atoms. The molecule has 0 aliphatic rings. The fourth-order valence-corrected chi connectivity index (χ4v) is 17.1. The monoisotopic (exact) mass is 882 g/mol. The number of fused-ring (bicyclic) bond motifs is 6. The Hall–Kier alpha value is -4.74. The van der Waals surface area contributed by atoms with Crippen LogP contribution in [0.1, 0.15) is 0 Å². The summed E-state index contributed by atoms with van der Waals surface area (Å²) in [5.41, 5.74) is 7.86. The maximum atomic E-state index is 2.39. The highest BCUT2D eigenvalue weighted by Gasteiger charge is 2.16. The molecule has 8 heterocycles. The van der Waals surface area contributed by atoms with Crippen LogP contribution < -0.4 is 0 Å². The van der Waals surface area contributed by atoms with Gasteiger partial charge in [0.1, 0.15) is 0 Å². The van der Waals surface area contributed by atoms with Crippen LogP contribution in [0.25, 0.3) is 122 Å². The summed E-state index contributed by atoms with van der Waals surface area (Å²) in [6, 6.07) is 54.9. The predicted octanol–water partition coefficient (Wildman–Crippen LogP) is 19.1. The SMILES string of the molecule is c1ccc2c(-c3cc4sc(-c5ccc(-c6cc7cc8sc(-c9ccc(-c%10cc%11sc(-c%12csc%13ccccc%12%13)cc%11s%10)cc9)cc8cc7s6)cc5)cc4s3)csc2c1. The summed E-state index contributed by atoms with van der Waals surface area (Å²) in [6.45, 7) is 0. The summed E-state index contributed by atoms with van der Waals surface area (Å²) < 4.78 is 10.9. The Morgan fingerprint density at radius 2 is 0.586 bits per heavy atom. The van der Waals surface area contributed by atoms with Gasteiger partial charge in [0.15, 0.2) is 0 Å². The zero-order chi connectivity index (χ0) is 37.9. The van der Waals surface area contributed by atoms with Crippen LogP contribution >= 0.6 is 90.7 Å². The first-order valence-electron chi connectivity index (χ1n) is 18.8. The molecule has 13 rings (SSSR count). The van der Waals surface area contributed by atoms with E-state index in [9.17, 15) is 0 Å². The lowest BCUT2D eigenvalue weighted by Crippen LogP contribution is -1.74. The lowest BCUT2D eigenvalue weighted by Gasteiger charge is -2.01. The van der Waals surface area contributed by atoms with Gasteiger partial charge in [-0.15, -0.1) is 90.7 Å². The van der Waals surface area contributed by atoms with Crippen molar-refractivity contribution in [2.24, 2.45) is 0 Å². The van der Waals surface area contributed by atoms with Crippen LogP contribution in [0.5, 0.6) is 0 Å². The predicted molar refractivity (Wildman–Crippen MR) is 267 cm³/mol. The highest BCUT2D eigenvalue weighted by molar-refractivity contribution is 7.32. The van der Waals surface area contributed by atoms with Gasteiger partial charge in [0.2, 0.25) is 0 Å². The number of rotatable bonds is 6. The Kier molecular flexibility index (Phi) is 7.89. The Labute approximate surface area is 365 Å². The molecule has 13 aromatic rings. The van der Waals surface area contributed by atoms with Crippen molar-refractivity contribution in [3.05, 3.63) is 156 Å². The second kappa shape index (κ2) is 13.4. The number of hydrogen-bond donors (Lipinski definition) is 0. The van der Waals surface area contributed by atoms with Crippen molar-refractivity contribution in [1.29, 1.82) is 0 Å². The van der Waals surface area contributed by atoms with Gasteiger partial charge in [-0.3, -0.25) is 0 Å². The molecule has 8 heteroatoms. The van der Waals surface area contributed by atoms with Gasteiger partial charge < -0.3 is 0 Å². The van der Waals surface area contributed by atoms with Gasteiger partial charge in [-0.1, -0.05) is 84.9 Å². The van der Waals surface area contributed by atoms with E-state index < -0.39 is 0 Å². The Morgan fingerprint density at radius 1 is 0.259 bits per heavy atom. The second-order valence-corrected chi connectivity index (χ2v) is 22.8. The van der Waals surface area contributed by atoms with Gasteiger partial charge in [0.25, 0.3) is 0 Å². The minimum absolute atomic E-state index is 1.28. The van der Waals surface area contributed by atoms with Crippen molar-refractivity contribution in [2.45, 2.75) is 0 Å². The highest BCUT2D eigenvalue weighted by atomic mass is 32.1. The molecular formula is C50H26S8. The average Bonchev–Trinajstić information content (AvgIpc) is 4.11. The first kappa shape index (κ1) is 34.2. The van der Waals surface area contributed by atoms with Crippen molar-refractivity contribution in [3.8, 4) is 62.6 Å². The third-order valence-corrected chi connectivity index (χ3v) is 19.9. The van der Waals surface area contributed by atoms with E-state index in [1.807, 2.05) is 90.7 Å². The molecular weight excluding hydrogens is 857 g/mol. The van der Waals surface area contributed by atoms with Crippen molar-refractivity contribution in [2.75, 3.05) is 0 Å². The molecule has 0 fully saturated rings. The number of benzene rings is 5. The lowest BCUT2D eigenvalue weighted by molar-refractivity contribution is 1.69. The Morgan fingerprint density at radius 3 is 1.00 bits per heavy atom. The molecule has 0 N–H and O–H groups in total. The van der Waals surface area contributed by atoms with Gasteiger partial charge in [0.05, 0.1) is 0 Å². The fraction of sp³-hybridized carbons (Fsp3) is 0. The molecule has 274 valence electrons. The fourth-order valence-electron chi connectivity index (χ4n) is 8.01. The van der Waals surface area contributed by atoms with Gasteiger partial charge in [-0.2, -0.15) is 0 Å². The molecule has 0 radical (unpaired) electrons. The van der Waals surface area contributed by atoms with E-state index in [-0.39, 0.29) is 0 Å². The van der Waals surface area contributed by atoms with E-state index in [2.05, 4.69) is 156 Å². The van der Waals surface area contributed by atoms with Crippen LogP contribution in [0.2, 0.25) is 0 Å². The van der Waals surface area contributed by atoms with E-state index in [1.165, 1.54) is 122 Å². The van der Waals surface area contributed by atoms with Crippen molar-refractivity contribution in [3.63, 3.8) is 0 Å². The topological polar surface area (TPSA) is 0 Å². The first-order chi connectivity index (χ1) is 28.6. The smallest absolute Gasteiger partial charge is 0.0463 e. The molecule has 58 heavy (non-hydrogen) atoms. The molecule has 8 aromatic heterocycles. The van der Waals surface area contributed by atoms with Crippen LogP contribution in [0.15, 0.2) is 156 Å². The normalized spacial score (nSPS) is 12.1. The van der Waals surface area contributed by atoms with E-state index in [1.54, 1.807) is 0 Å². The maximum absolute atomic E-state index is 2.39. The van der Waals surface area contributed by atoms with Crippen LogP contribution in [-0.2, 0) is 0 Å². The molecule has 0 saturated carbocycles. The molecule has 0 aliphatic carbocycles. The van der Waals surface area contributed by atoms with Gasteiger partial charge in [0, 0.05) is 99.5 Å². The van der Waals surface area contributed by atoms with Gasteiger partial charge in [-0.25, -0.2) is 0 Å². The summed E-state index contributed by atoms with van der Waals surface area (Å²) in [7, 11) is 0. The van der Waals surface area contributed by atoms with E-state index >= 15 is 0 Å². The quantitative estimate of drug-likeness (QED) is 0.156. The first-order valence-corrected chi connectivity index (χ1v) is 25.5. The van der Waals surface area contributed by atoms with Crippen LogP contribution in [0.4, 0.5) is 0 Å². The molecule has 0 saturated heterocycles. The van der Waals surface area contributed by atoms with Crippen LogP contribution in [0.3, 0.4) is 0 Å². The Balaban J connectivity index is 0.728. The van der Waals surface area contributed by atoms with E-state index in [0.717, 1.165) is 0 Å². The molecule has 0 nitrogen and oxygen atoms in total. The third-order valence-electron chi connectivity index (χ3n) is 11.0. The summed E-state index contributed by atoms with van der Waals surface area (Å²) in [4.78, 5) is 8.03. The molecule has 0 amide bonds.